The van der Waals surface area contributed by atoms with E-state index in [2.05, 4.69) is 140 Å². The molecule has 6 aromatic rings. The summed E-state index contributed by atoms with van der Waals surface area (Å²) < 4.78 is 0. The normalized spacial score (nSPS) is 13.1. The van der Waals surface area contributed by atoms with Gasteiger partial charge in [-0.1, -0.05) is 145 Å². The lowest BCUT2D eigenvalue weighted by Gasteiger charge is -2.33. The first-order valence-corrected chi connectivity index (χ1v) is 13.3. The van der Waals surface area contributed by atoms with Crippen molar-refractivity contribution in [1.82, 2.24) is 0 Å². The third kappa shape index (κ3) is 3.53. The van der Waals surface area contributed by atoms with Gasteiger partial charge in [0.05, 0.1) is 5.41 Å². The first kappa shape index (κ1) is 22.8. The summed E-state index contributed by atoms with van der Waals surface area (Å²) in [4.78, 5) is 0. The van der Waals surface area contributed by atoms with Gasteiger partial charge >= 0.3 is 0 Å². The second-order valence-electron chi connectivity index (χ2n) is 9.87. The molecule has 0 nitrogen and oxygen atoms in total. The van der Waals surface area contributed by atoms with Crippen molar-refractivity contribution < 1.29 is 0 Å². The van der Waals surface area contributed by atoms with Gasteiger partial charge in [-0.2, -0.15) is 0 Å². The molecule has 38 heavy (non-hydrogen) atoms. The Morgan fingerprint density at radius 2 is 0.816 bits per heavy atom. The van der Waals surface area contributed by atoms with E-state index in [9.17, 15) is 0 Å². The van der Waals surface area contributed by atoms with Crippen LogP contribution in [0.3, 0.4) is 0 Å². The van der Waals surface area contributed by atoms with Crippen molar-refractivity contribution in [3.05, 3.63) is 179 Å². The van der Waals surface area contributed by atoms with E-state index in [4.69, 9.17) is 11.6 Å². The van der Waals surface area contributed by atoms with Crippen LogP contribution in [0.2, 0.25) is 5.02 Å². The SMILES string of the molecule is Clc1ccc(-c2ccc(-c3ccc4c(c3)-c3ccccc3C4(c3ccccc3)c3ccccc3)cc2)cc1. The summed E-state index contributed by atoms with van der Waals surface area (Å²) in [5.74, 6) is 0. The van der Waals surface area contributed by atoms with Crippen LogP contribution in [0.5, 0.6) is 0 Å². The van der Waals surface area contributed by atoms with E-state index in [0.29, 0.717) is 0 Å². The lowest BCUT2D eigenvalue weighted by Crippen LogP contribution is -2.28. The van der Waals surface area contributed by atoms with Crippen molar-refractivity contribution in [1.29, 1.82) is 0 Å². The van der Waals surface area contributed by atoms with Crippen molar-refractivity contribution in [2.75, 3.05) is 0 Å². The maximum Gasteiger partial charge on any atom is 0.0713 e. The summed E-state index contributed by atoms with van der Waals surface area (Å²) in [6.45, 7) is 0. The third-order valence-corrected chi connectivity index (χ3v) is 8.11. The fourth-order valence-corrected chi connectivity index (χ4v) is 6.25. The Bertz CT molecular complexity index is 1690. The monoisotopic (exact) mass is 504 g/mol. The van der Waals surface area contributed by atoms with E-state index in [1.54, 1.807) is 0 Å². The van der Waals surface area contributed by atoms with E-state index in [1.165, 1.54) is 55.6 Å². The van der Waals surface area contributed by atoms with Gasteiger partial charge in [-0.3, -0.25) is 0 Å². The molecule has 0 amide bonds. The summed E-state index contributed by atoms with van der Waals surface area (Å²) in [6.07, 6.45) is 0. The third-order valence-electron chi connectivity index (χ3n) is 7.85. The van der Waals surface area contributed by atoms with Crippen molar-refractivity contribution in [3.8, 4) is 33.4 Å². The van der Waals surface area contributed by atoms with Crippen LogP contribution in [-0.2, 0) is 5.41 Å². The maximum atomic E-state index is 6.08. The molecule has 0 aromatic heterocycles. The number of hydrogen-bond acceptors (Lipinski definition) is 0. The Balaban J connectivity index is 1.40. The maximum absolute atomic E-state index is 6.08. The molecule has 0 unspecified atom stereocenters. The summed E-state index contributed by atoms with van der Waals surface area (Å²) in [5, 5.41) is 0.755. The number of hydrogen-bond donors (Lipinski definition) is 0. The molecule has 0 N–H and O–H groups in total. The molecule has 0 spiro atoms. The standard InChI is InChI=1S/C37H25Cl/c38-32-22-19-27(20-23-32)26-15-17-28(18-16-26)29-21-24-36-34(25-29)33-13-7-8-14-35(33)37(36,30-9-3-1-4-10-30)31-11-5-2-6-12-31/h1-25H. The van der Waals surface area contributed by atoms with Gasteiger partial charge in [-0.15, -0.1) is 0 Å². The highest BCUT2D eigenvalue weighted by Crippen LogP contribution is 2.56. The van der Waals surface area contributed by atoms with Crippen molar-refractivity contribution >= 4 is 11.6 Å². The number of rotatable bonds is 4. The average Bonchev–Trinajstić information content (AvgIpc) is 3.29. The van der Waals surface area contributed by atoms with Crippen LogP contribution >= 0.6 is 11.6 Å². The molecule has 1 aliphatic rings. The molecule has 0 radical (unpaired) electrons. The Labute approximate surface area is 228 Å². The topological polar surface area (TPSA) is 0 Å². The Morgan fingerprint density at radius 3 is 1.42 bits per heavy atom. The second-order valence-corrected chi connectivity index (χ2v) is 10.3. The molecule has 0 fully saturated rings. The summed E-state index contributed by atoms with van der Waals surface area (Å²) in [7, 11) is 0. The van der Waals surface area contributed by atoms with E-state index < -0.39 is 0 Å². The van der Waals surface area contributed by atoms with Gasteiger partial charge in [-0.05, 0) is 73.8 Å². The van der Waals surface area contributed by atoms with Crippen LogP contribution in [0.25, 0.3) is 33.4 Å². The molecular weight excluding hydrogens is 480 g/mol. The van der Waals surface area contributed by atoms with Crippen molar-refractivity contribution in [2.45, 2.75) is 5.41 Å². The Hall–Kier alpha value is -4.39. The van der Waals surface area contributed by atoms with E-state index >= 15 is 0 Å². The zero-order valence-corrected chi connectivity index (χ0v) is 21.6. The molecule has 180 valence electrons. The molecular formula is C37H25Cl. The highest BCUT2D eigenvalue weighted by Gasteiger charge is 2.45. The smallest absolute Gasteiger partial charge is 0.0713 e. The minimum absolute atomic E-state index is 0.356. The minimum atomic E-state index is -0.356. The first-order valence-electron chi connectivity index (χ1n) is 13.0. The predicted octanol–water partition coefficient (Wildman–Crippen LogP) is 10.0. The van der Waals surface area contributed by atoms with Gasteiger partial charge in [0.15, 0.2) is 0 Å². The summed E-state index contributed by atoms with van der Waals surface area (Å²) in [5.41, 5.74) is 12.3. The van der Waals surface area contributed by atoms with E-state index in [0.717, 1.165) is 5.02 Å². The molecule has 7 rings (SSSR count). The highest BCUT2D eigenvalue weighted by atomic mass is 35.5. The van der Waals surface area contributed by atoms with Crippen LogP contribution < -0.4 is 0 Å². The molecule has 0 bridgehead atoms. The molecule has 0 heterocycles. The van der Waals surface area contributed by atoms with Crippen LogP contribution in [0.1, 0.15) is 22.3 Å². The zero-order chi connectivity index (χ0) is 25.5. The lowest BCUT2D eigenvalue weighted by atomic mass is 9.67. The Morgan fingerprint density at radius 1 is 0.368 bits per heavy atom. The molecule has 6 aromatic carbocycles. The fraction of sp³-hybridized carbons (Fsp3) is 0.0270. The number of halogens is 1. The minimum Gasteiger partial charge on any atom is -0.0843 e. The quantitative estimate of drug-likeness (QED) is 0.223. The summed E-state index contributed by atoms with van der Waals surface area (Å²) >= 11 is 6.08. The van der Waals surface area contributed by atoms with Gasteiger partial charge in [0.2, 0.25) is 0 Å². The van der Waals surface area contributed by atoms with Crippen LogP contribution in [0.15, 0.2) is 152 Å². The molecule has 0 atom stereocenters. The van der Waals surface area contributed by atoms with Gasteiger partial charge in [0.25, 0.3) is 0 Å². The lowest BCUT2D eigenvalue weighted by molar-refractivity contribution is 0.768. The highest BCUT2D eigenvalue weighted by molar-refractivity contribution is 6.30. The van der Waals surface area contributed by atoms with Crippen LogP contribution in [-0.4, -0.2) is 0 Å². The van der Waals surface area contributed by atoms with Crippen molar-refractivity contribution in [3.63, 3.8) is 0 Å². The predicted molar refractivity (Wildman–Crippen MR) is 160 cm³/mol. The average molecular weight is 505 g/mol. The van der Waals surface area contributed by atoms with Crippen LogP contribution in [0.4, 0.5) is 0 Å². The number of benzene rings is 6. The largest absolute Gasteiger partial charge is 0.0843 e. The van der Waals surface area contributed by atoms with Gasteiger partial charge in [0.1, 0.15) is 0 Å². The second kappa shape index (κ2) is 9.17. The first-order chi connectivity index (χ1) is 18.7. The van der Waals surface area contributed by atoms with Crippen molar-refractivity contribution in [2.24, 2.45) is 0 Å². The summed E-state index contributed by atoms with van der Waals surface area (Å²) in [6, 6.07) is 54.6. The van der Waals surface area contributed by atoms with E-state index in [-0.39, 0.29) is 5.41 Å². The molecule has 0 aliphatic heterocycles. The Kier molecular flexibility index (Phi) is 5.50. The zero-order valence-electron chi connectivity index (χ0n) is 20.8. The van der Waals surface area contributed by atoms with Gasteiger partial charge in [0, 0.05) is 5.02 Å². The molecule has 1 heteroatoms. The van der Waals surface area contributed by atoms with Gasteiger partial charge in [-0.25, -0.2) is 0 Å². The molecule has 1 aliphatic carbocycles. The van der Waals surface area contributed by atoms with Gasteiger partial charge < -0.3 is 0 Å². The van der Waals surface area contributed by atoms with E-state index in [1.807, 2.05) is 12.1 Å². The number of fused-ring (bicyclic) bond motifs is 3. The molecule has 0 saturated heterocycles. The molecule has 0 saturated carbocycles. The fourth-order valence-electron chi connectivity index (χ4n) is 6.13. The van der Waals surface area contributed by atoms with Crippen LogP contribution in [0, 0.1) is 0 Å².